The fourth-order valence-electron chi connectivity index (χ4n) is 5.28. The molecule has 14 heteroatoms. The number of rotatable bonds is 11. The number of aliphatic hydroxyl groups is 1. The highest BCUT2D eigenvalue weighted by Gasteiger charge is 2.33. The lowest BCUT2D eigenvalue weighted by atomic mass is 10.0. The van der Waals surface area contributed by atoms with Gasteiger partial charge in [-0.3, -0.25) is 9.59 Å². The van der Waals surface area contributed by atoms with Crippen LogP contribution in [-0.4, -0.2) is 121 Å². The van der Waals surface area contributed by atoms with Crippen LogP contribution in [0.4, 0.5) is 5.69 Å². The first-order chi connectivity index (χ1) is 21.7. The predicted molar refractivity (Wildman–Crippen MR) is 176 cm³/mol. The van der Waals surface area contributed by atoms with E-state index < -0.39 is 22.2 Å². The van der Waals surface area contributed by atoms with Gasteiger partial charge < -0.3 is 34.3 Å². The smallest absolute Gasteiger partial charge is 0.261 e. The third-order valence-electron chi connectivity index (χ3n) is 8.14. The molecule has 0 aliphatic carbocycles. The molecule has 13 nitrogen and oxygen atoms in total. The number of likely N-dealkylation sites (N-methyl/N-ethyl adjacent to an activating group) is 1. The van der Waals surface area contributed by atoms with E-state index in [0.29, 0.717) is 37.3 Å². The van der Waals surface area contributed by atoms with E-state index in [4.69, 9.17) is 9.47 Å². The van der Waals surface area contributed by atoms with Crippen molar-refractivity contribution in [3.8, 4) is 5.75 Å². The number of hydrogen-bond acceptors (Lipinski definition) is 9. The van der Waals surface area contributed by atoms with Gasteiger partial charge in [0.15, 0.2) is 5.03 Å². The van der Waals surface area contributed by atoms with Crippen molar-refractivity contribution in [1.82, 2.24) is 23.7 Å². The average molecular weight is 665 g/mol. The van der Waals surface area contributed by atoms with Crippen LogP contribution in [-0.2, 0) is 26.6 Å². The first-order valence-corrected chi connectivity index (χ1v) is 17.4. The summed E-state index contributed by atoms with van der Waals surface area (Å²) in [6, 6.07) is 4.51. The van der Waals surface area contributed by atoms with Gasteiger partial charge >= 0.3 is 0 Å². The largest absolute Gasteiger partial charge is 0.490 e. The minimum atomic E-state index is -3.87. The summed E-state index contributed by atoms with van der Waals surface area (Å²) < 4.78 is 41.9. The van der Waals surface area contributed by atoms with Gasteiger partial charge in [-0.25, -0.2) is 13.4 Å². The molecule has 0 saturated heterocycles. The number of sulfonamides is 1. The van der Waals surface area contributed by atoms with Crippen LogP contribution < -0.4 is 10.1 Å². The number of hydrogen-bond donors (Lipinski definition) is 2. The van der Waals surface area contributed by atoms with Crippen molar-refractivity contribution in [2.45, 2.75) is 76.2 Å². The van der Waals surface area contributed by atoms with E-state index in [2.05, 4.69) is 10.3 Å². The number of anilines is 1. The van der Waals surface area contributed by atoms with Crippen molar-refractivity contribution in [2.24, 2.45) is 13.0 Å². The number of amides is 2. The second kappa shape index (κ2) is 17.2. The summed E-state index contributed by atoms with van der Waals surface area (Å²) in [4.78, 5) is 34.6. The topological polar surface area (TPSA) is 147 Å². The highest BCUT2D eigenvalue weighted by atomic mass is 32.2. The second-order valence-electron chi connectivity index (χ2n) is 12.6. The minimum Gasteiger partial charge on any atom is -0.490 e. The molecular weight excluding hydrogens is 612 g/mol. The number of benzene rings is 1. The first-order valence-electron chi connectivity index (χ1n) is 16.0. The summed E-state index contributed by atoms with van der Waals surface area (Å²) in [5, 5.41) is 13.0. The maximum atomic E-state index is 14.3. The molecule has 1 aliphatic heterocycles. The number of aryl methyl sites for hydroxylation is 1. The Morgan fingerprint density at radius 2 is 1.96 bits per heavy atom. The number of fused-ring (bicyclic) bond motifs is 1. The molecule has 2 aromatic rings. The van der Waals surface area contributed by atoms with E-state index in [9.17, 15) is 23.1 Å². The van der Waals surface area contributed by atoms with Gasteiger partial charge in [0.1, 0.15) is 5.75 Å². The van der Waals surface area contributed by atoms with Crippen LogP contribution >= 0.6 is 0 Å². The van der Waals surface area contributed by atoms with Gasteiger partial charge in [0.05, 0.1) is 36.7 Å². The van der Waals surface area contributed by atoms with Gasteiger partial charge in [0, 0.05) is 58.0 Å². The van der Waals surface area contributed by atoms with E-state index in [1.54, 1.807) is 41.6 Å². The molecule has 0 unspecified atom stereocenters. The number of carbonyl (C=O) groups is 2. The van der Waals surface area contributed by atoms with Gasteiger partial charge in [-0.1, -0.05) is 6.92 Å². The van der Waals surface area contributed by atoms with Crippen molar-refractivity contribution >= 4 is 27.5 Å². The van der Waals surface area contributed by atoms with Crippen molar-refractivity contribution < 1.29 is 32.6 Å². The standard InChI is InChI=1S/C32H52N6O7S/c1-23-18-38(24(2)21-39)32(41)27-17-26(34-30(40)12-10-15-35(4)5)13-14-28(27)45-25(3)11-8-9-16-44-29(23)19-37(7)46(42,43)31-20-36(6)22-33-31/h13-14,17,20,22-25,29,39H,8-12,15-16,18-19,21H2,1-7H3,(H,34,40)/t23-,24-,25-,29+/m0/s1. The molecule has 2 N–H and O–H groups in total. The van der Waals surface area contributed by atoms with E-state index in [-0.39, 0.29) is 54.1 Å². The average Bonchev–Trinajstić information content (AvgIpc) is 3.45. The van der Waals surface area contributed by atoms with Crippen molar-refractivity contribution in [1.29, 1.82) is 0 Å². The number of nitrogens with zero attached hydrogens (tertiary/aromatic N) is 5. The van der Waals surface area contributed by atoms with Crippen molar-refractivity contribution in [3.63, 3.8) is 0 Å². The maximum Gasteiger partial charge on any atom is 0.261 e. The Bertz CT molecular complexity index is 1400. The molecule has 2 amide bonds. The summed E-state index contributed by atoms with van der Waals surface area (Å²) in [5.41, 5.74) is 0.751. The molecule has 46 heavy (non-hydrogen) atoms. The third-order valence-corrected chi connectivity index (χ3v) is 9.85. The van der Waals surface area contributed by atoms with Crippen molar-refractivity contribution in [3.05, 3.63) is 36.3 Å². The van der Waals surface area contributed by atoms with E-state index >= 15 is 0 Å². The zero-order valence-electron chi connectivity index (χ0n) is 28.3. The summed E-state index contributed by atoms with van der Waals surface area (Å²) in [5.74, 6) is -0.435. The Labute approximate surface area is 273 Å². The number of aromatic nitrogens is 2. The maximum absolute atomic E-state index is 14.3. The predicted octanol–water partition coefficient (Wildman–Crippen LogP) is 2.82. The SMILES string of the molecule is C[C@H]1CCCCO[C@H](CN(C)S(=O)(=O)c2cn(C)cn2)[C@@H](C)CN([C@@H](C)CO)C(=O)c2cc(NC(=O)CCCN(C)C)ccc2O1. The molecule has 0 fully saturated rings. The normalized spacial score (nSPS) is 21.0. The molecule has 1 aromatic carbocycles. The van der Waals surface area contributed by atoms with Gasteiger partial charge in [-0.2, -0.15) is 4.31 Å². The van der Waals surface area contributed by atoms with Crippen LogP contribution in [0.1, 0.15) is 63.2 Å². The van der Waals surface area contributed by atoms with E-state index in [0.717, 1.165) is 19.4 Å². The van der Waals surface area contributed by atoms with Crippen LogP contribution in [0.15, 0.2) is 35.7 Å². The van der Waals surface area contributed by atoms with Gasteiger partial charge in [0.2, 0.25) is 5.91 Å². The summed E-state index contributed by atoms with van der Waals surface area (Å²) in [6.07, 6.45) is 5.45. The fourth-order valence-corrected chi connectivity index (χ4v) is 6.42. The molecule has 3 rings (SSSR count). The quantitative estimate of drug-likeness (QED) is 0.370. The zero-order chi connectivity index (χ0) is 34.0. The summed E-state index contributed by atoms with van der Waals surface area (Å²) in [7, 11) is 3.24. The van der Waals surface area contributed by atoms with Gasteiger partial charge in [-0.15, -0.1) is 0 Å². The summed E-state index contributed by atoms with van der Waals surface area (Å²) in [6.45, 7) is 6.74. The summed E-state index contributed by atoms with van der Waals surface area (Å²) >= 11 is 0. The van der Waals surface area contributed by atoms with E-state index in [1.165, 1.54) is 23.9 Å². The lowest BCUT2D eigenvalue weighted by molar-refractivity contribution is -0.116. The second-order valence-corrected chi connectivity index (χ2v) is 14.6. The molecule has 0 saturated carbocycles. The number of ether oxygens (including phenoxy) is 2. The number of nitrogens with one attached hydrogen (secondary N) is 1. The Morgan fingerprint density at radius 1 is 1.22 bits per heavy atom. The number of imidazole rings is 1. The van der Waals surface area contributed by atoms with Crippen LogP contribution in [0.2, 0.25) is 0 Å². The molecule has 4 atom stereocenters. The highest BCUT2D eigenvalue weighted by molar-refractivity contribution is 7.89. The molecule has 1 aliphatic rings. The molecule has 258 valence electrons. The Balaban J connectivity index is 1.92. The third kappa shape index (κ3) is 10.5. The Hall–Kier alpha value is -3.04. The number of aliphatic hydroxyl groups excluding tert-OH is 1. The molecule has 0 bridgehead atoms. The zero-order valence-corrected chi connectivity index (χ0v) is 29.1. The van der Waals surface area contributed by atoms with Crippen LogP contribution in [0, 0.1) is 5.92 Å². The van der Waals surface area contributed by atoms with Gasteiger partial charge in [-0.05, 0) is 78.4 Å². The highest BCUT2D eigenvalue weighted by Crippen LogP contribution is 2.29. The molecule has 1 aromatic heterocycles. The van der Waals surface area contributed by atoms with Crippen LogP contribution in [0.3, 0.4) is 0 Å². The van der Waals surface area contributed by atoms with Crippen LogP contribution in [0.5, 0.6) is 5.75 Å². The van der Waals surface area contributed by atoms with Gasteiger partial charge in [0.25, 0.3) is 15.9 Å². The van der Waals surface area contributed by atoms with Crippen LogP contribution in [0.25, 0.3) is 0 Å². The van der Waals surface area contributed by atoms with E-state index in [1.807, 2.05) is 32.8 Å². The molecule has 0 spiro atoms. The fraction of sp³-hybridized carbons (Fsp3) is 0.656. The lowest BCUT2D eigenvalue weighted by Gasteiger charge is -2.35. The molecule has 2 heterocycles. The monoisotopic (exact) mass is 664 g/mol. The molecular formula is C32H52N6O7S. The van der Waals surface area contributed by atoms with Crippen molar-refractivity contribution in [2.75, 3.05) is 59.3 Å². The first kappa shape index (κ1) is 37.4. The number of carbonyl (C=O) groups excluding carboxylic acids is 2. The minimum absolute atomic E-state index is 0.0513. The Morgan fingerprint density at radius 3 is 2.61 bits per heavy atom. The molecule has 0 radical (unpaired) electrons. The lowest BCUT2D eigenvalue weighted by Crippen LogP contribution is -2.48. The Kier molecular flexibility index (Phi) is 14.0.